The molecule has 0 amide bonds. The predicted octanol–water partition coefficient (Wildman–Crippen LogP) is 8.17. The van der Waals surface area contributed by atoms with Crippen molar-refractivity contribution in [3.63, 3.8) is 0 Å². The third-order valence-corrected chi connectivity index (χ3v) is 14.8. The van der Waals surface area contributed by atoms with Crippen LogP contribution < -0.4 is 0 Å². The van der Waals surface area contributed by atoms with Gasteiger partial charge in [0.2, 0.25) is 0 Å². The van der Waals surface area contributed by atoms with E-state index < -0.39 is 16.9 Å². The summed E-state index contributed by atoms with van der Waals surface area (Å²) in [6, 6.07) is 8.24. The Hall–Kier alpha value is -1.65. The lowest BCUT2D eigenvalue weighted by molar-refractivity contribution is -0.217. The fourth-order valence-corrected chi connectivity index (χ4v) is 11.7. The monoisotopic (exact) mass is 576 g/mol. The highest BCUT2D eigenvalue weighted by Gasteiger charge is 2.69. The Kier molecular flexibility index (Phi) is 7.18. The Bertz CT molecular complexity index is 1270. The first-order chi connectivity index (χ1) is 19.7. The van der Waals surface area contributed by atoms with Crippen LogP contribution in [0.2, 0.25) is 0 Å². The molecule has 0 spiro atoms. The molecule has 6 rings (SSSR count). The summed E-state index contributed by atoms with van der Waals surface area (Å²) in [4.78, 5) is 14.3. The Morgan fingerprint density at radius 2 is 1.64 bits per heavy atom. The number of hydrogen-bond acceptors (Lipinski definition) is 4. The van der Waals surface area contributed by atoms with Gasteiger partial charge in [0.05, 0.1) is 18.1 Å². The van der Waals surface area contributed by atoms with Gasteiger partial charge in [0, 0.05) is 5.41 Å². The molecule has 0 aliphatic heterocycles. The molecule has 4 fully saturated rings. The summed E-state index contributed by atoms with van der Waals surface area (Å²) in [5.41, 5.74) is 3.40. The maximum atomic E-state index is 14.3. The summed E-state index contributed by atoms with van der Waals surface area (Å²) >= 11 is 0. The zero-order valence-corrected chi connectivity index (χ0v) is 27.4. The van der Waals surface area contributed by atoms with Gasteiger partial charge < -0.3 is 14.9 Å². The van der Waals surface area contributed by atoms with E-state index in [1.54, 1.807) is 5.57 Å². The van der Waals surface area contributed by atoms with Gasteiger partial charge in [-0.1, -0.05) is 77.5 Å². The van der Waals surface area contributed by atoms with Gasteiger partial charge >= 0.3 is 5.97 Å². The molecule has 5 aliphatic rings. The fraction of sp³-hybridized carbons (Fsp3) is 0.763. The zero-order valence-electron chi connectivity index (χ0n) is 27.4. The van der Waals surface area contributed by atoms with E-state index in [-0.39, 0.29) is 40.2 Å². The molecule has 0 radical (unpaired) electrons. The van der Waals surface area contributed by atoms with Gasteiger partial charge in [0.1, 0.15) is 6.61 Å². The molecular weight excluding hydrogens is 520 g/mol. The summed E-state index contributed by atoms with van der Waals surface area (Å²) in [6.45, 7) is 17.0. The number of aliphatic hydroxyl groups is 2. The molecule has 42 heavy (non-hydrogen) atoms. The van der Waals surface area contributed by atoms with Crippen molar-refractivity contribution in [2.45, 2.75) is 125 Å². The number of esters is 1. The molecule has 0 unspecified atom stereocenters. The minimum Gasteiger partial charge on any atom is -0.460 e. The van der Waals surface area contributed by atoms with Gasteiger partial charge in [-0.25, -0.2) is 0 Å². The predicted molar refractivity (Wildman–Crippen MR) is 167 cm³/mol. The SMILES string of the molecule is Cc1ccccc1COC(=O)[C@]12CCC(C)(C)C[C@H]1C1=CC[C@@H]3[C@@]4(C)CC[C@H](O)[C@@](C)(CO)[C@@H]4CC[C@@]3(C)[C@]1(C)CC2. The number of carbonyl (C=O) groups is 1. The van der Waals surface area contributed by atoms with Crippen LogP contribution in [0, 0.1) is 57.2 Å². The van der Waals surface area contributed by atoms with Crippen molar-refractivity contribution in [3.8, 4) is 0 Å². The van der Waals surface area contributed by atoms with E-state index in [0.717, 1.165) is 69.8 Å². The highest BCUT2D eigenvalue weighted by atomic mass is 16.5. The van der Waals surface area contributed by atoms with Crippen LogP contribution in [0.1, 0.15) is 117 Å². The molecule has 2 N–H and O–H groups in total. The number of ether oxygens (including phenoxy) is 1. The molecule has 0 bridgehead atoms. The lowest BCUT2D eigenvalue weighted by atomic mass is 9.33. The third kappa shape index (κ3) is 4.09. The van der Waals surface area contributed by atoms with Crippen molar-refractivity contribution < 1.29 is 19.7 Å². The van der Waals surface area contributed by atoms with Crippen molar-refractivity contribution >= 4 is 5.97 Å². The number of carbonyl (C=O) groups excluding carboxylic acids is 1. The lowest BCUT2D eigenvalue weighted by Crippen LogP contribution is -2.66. The first kappa shape index (κ1) is 30.4. The molecule has 0 aromatic heterocycles. The van der Waals surface area contributed by atoms with E-state index in [9.17, 15) is 15.0 Å². The standard InChI is InChI=1S/C38H56O4/c1-25-10-8-9-11-26(25)23-42-32(41)38-20-18-33(2,3)22-28(38)27-12-13-30-34(4)16-15-31(40)35(5,24-39)29(34)14-17-37(30,7)36(27,6)19-21-38/h8-12,28-31,39-40H,13-24H2,1-7H3/t28-,29+,30+,31-,34-,35-,36+,37+,38-/m0/s1. The number of rotatable bonds is 4. The molecule has 0 heterocycles. The van der Waals surface area contributed by atoms with Crippen molar-refractivity contribution in [2.75, 3.05) is 6.61 Å². The average molecular weight is 577 g/mol. The smallest absolute Gasteiger partial charge is 0.313 e. The van der Waals surface area contributed by atoms with E-state index in [0.29, 0.717) is 18.4 Å². The quantitative estimate of drug-likeness (QED) is 0.280. The highest BCUT2D eigenvalue weighted by molar-refractivity contribution is 5.79. The lowest BCUT2D eigenvalue weighted by Gasteiger charge is -2.71. The highest BCUT2D eigenvalue weighted by Crippen LogP contribution is 2.75. The van der Waals surface area contributed by atoms with Crippen LogP contribution in [0.25, 0.3) is 0 Å². The second-order valence-electron chi connectivity index (χ2n) is 17.1. The summed E-state index contributed by atoms with van der Waals surface area (Å²) in [5, 5.41) is 21.6. The summed E-state index contributed by atoms with van der Waals surface area (Å²) in [6.07, 6.45) is 12.1. The Morgan fingerprint density at radius 1 is 0.929 bits per heavy atom. The maximum absolute atomic E-state index is 14.3. The van der Waals surface area contributed by atoms with Crippen LogP contribution in [0.4, 0.5) is 0 Å². The Balaban J connectivity index is 1.36. The number of hydrogen-bond donors (Lipinski definition) is 2. The van der Waals surface area contributed by atoms with Gasteiger partial charge in [-0.3, -0.25) is 4.79 Å². The number of aliphatic hydroxyl groups excluding tert-OH is 2. The van der Waals surface area contributed by atoms with Gasteiger partial charge in [-0.15, -0.1) is 0 Å². The van der Waals surface area contributed by atoms with E-state index in [1.165, 1.54) is 5.56 Å². The minimum atomic E-state index is -0.435. The van der Waals surface area contributed by atoms with Gasteiger partial charge in [0.25, 0.3) is 0 Å². The molecule has 4 heteroatoms. The molecule has 5 aliphatic carbocycles. The van der Waals surface area contributed by atoms with Gasteiger partial charge in [-0.05, 0) is 122 Å². The number of benzene rings is 1. The fourth-order valence-electron chi connectivity index (χ4n) is 11.7. The molecular formula is C38H56O4. The first-order valence-corrected chi connectivity index (χ1v) is 16.9. The van der Waals surface area contributed by atoms with Crippen LogP contribution in [-0.2, 0) is 16.1 Å². The molecule has 1 aromatic rings. The molecule has 4 saturated carbocycles. The second-order valence-corrected chi connectivity index (χ2v) is 17.1. The van der Waals surface area contributed by atoms with Crippen LogP contribution in [0.3, 0.4) is 0 Å². The molecule has 232 valence electrons. The van der Waals surface area contributed by atoms with Crippen molar-refractivity contribution in [1.29, 1.82) is 0 Å². The van der Waals surface area contributed by atoms with Gasteiger partial charge in [-0.2, -0.15) is 0 Å². The van der Waals surface area contributed by atoms with Crippen LogP contribution in [0.5, 0.6) is 0 Å². The zero-order chi connectivity index (χ0) is 30.3. The Morgan fingerprint density at radius 3 is 2.36 bits per heavy atom. The topological polar surface area (TPSA) is 66.8 Å². The first-order valence-electron chi connectivity index (χ1n) is 16.9. The van der Waals surface area contributed by atoms with Crippen molar-refractivity contribution in [3.05, 3.63) is 47.0 Å². The largest absolute Gasteiger partial charge is 0.460 e. The molecule has 0 saturated heterocycles. The Labute approximate surface area is 254 Å². The average Bonchev–Trinajstić information content (AvgIpc) is 2.94. The normalized spacial score (nSPS) is 45.9. The van der Waals surface area contributed by atoms with Crippen molar-refractivity contribution in [2.24, 2.45) is 50.2 Å². The maximum Gasteiger partial charge on any atom is 0.313 e. The number of aryl methyl sites for hydroxylation is 1. The number of fused-ring (bicyclic) bond motifs is 7. The van der Waals surface area contributed by atoms with Crippen LogP contribution in [0.15, 0.2) is 35.9 Å². The van der Waals surface area contributed by atoms with E-state index in [2.05, 4.69) is 66.7 Å². The second kappa shape index (κ2) is 9.93. The molecule has 4 nitrogen and oxygen atoms in total. The van der Waals surface area contributed by atoms with Crippen molar-refractivity contribution in [1.82, 2.24) is 0 Å². The van der Waals surface area contributed by atoms with E-state index in [1.807, 2.05) is 12.1 Å². The van der Waals surface area contributed by atoms with E-state index in [4.69, 9.17) is 4.74 Å². The van der Waals surface area contributed by atoms with E-state index >= 15 is 0 Å². The van der Waals surface area contributed by atoms with Crippen LogP contribution >= 0.6 is 0 Å². The number of allylic oxidation sites excluding steroid dienone is 2. The van der Waals surface area contributed by atoms with Crippen LogP contribution in [-0.4, -0.2) is 28.9 Å². The summed E-state index contributed by atoms with van der Waals surface area (Å²) in [7, 11) is 0. The summed E-state index contributed by atoms with van der Waals surface area (Å²) in [5.74, 6) is 1.08. The third-order valence-electron chi connectivity index (χ3n) is 14.8. The minimum absolute atomic E-state index is 0.0251. The molecule has 9 atom stereocenters. The van der Waals surface area contributed by atoms with Gasteiger partial charge in [0.15, 0.2) is 0 Å². The molecule has 1 aromatic carbocycles. The summed E-state index contributed by atoms with van der Waals surface area (Å²) < 4.78 is 6.24.